The molecule has 168 valence electrons. The first-order valence-corrected chi connectivity index (χ1v) is 11.8. The number of carbonyl (C=O) groups excluding carboxylic acids is 1. The predicted molar refractivity (Wildman–Crippen MR) is 122 cm³/mol. The fraction of sp³-hybridized carbons (Fsp3) is 0.708. The molecule has 3 N–H and O–H groups in total. The van der Waals surface area contributed by atoms with Crippen LogP contribution < -0.4 is 10.6 Å². The zero-order valence-corrected chi connectivity index (χ0v) is 19.4. The van der Waals surface area contributed by atoms with Gasteiger partial charge in [0.1, 0.15) is 0 Å². The molecule has 1 heterocycles. The van der Waals surface area contributed by atoms with Gasteiger partial charge in [0.05, 0.1) is 12.1 Å². The molecule has 1 aliphatic carbocycles. The van der Waals surface area contributed by atoms with Gasteiger partial charge in [-0.05, 0) is 63.1 Å². The highest BCUT2D eigenvalue weighted by Gasteiger charge is 2.40. The van der Waals surface area contributed by atoms with Gasteiger partial charge in [-0.2, -0.15) is 0 Å². The summed E-state index contributed by atoms with van der Waals surface area (Å²) in [5.41, 5.74) is 0.891. The van der Waals surface area contributed by atoms with Crippen molar-refractivity contribution in [3.05, 3.63) is 34.9 Å². The Morgan fingerprint density at radius 2 is 1.87 bits per heavy atom. The van der Waals surface area contributed by atoms with E-state index in [4.69, 9.17) is 11.6 Å². The van der Waals surface area contributed by atoms with Crippen molar-refractivity contribution in [2.24, 2.45) is 11.8 Å². The highest BCUT2D eigenvalue weighted by Crippen LogP contribution is 2.38. The van der Waals surface area contributed by atoms with Crippen molar-refractivity contribution in [1.29, 1.82) is 0 Å². The van der Waals surface area contributed by atoms with E-state index in [1.54, 1.807) is 0 Å². The molecule has 0 bridgehead atoms. The van der Waals surface area contributed by atoms with E-state index in [0.29, 0.717) is 31.5 Å². The monoisotopic (exact) mass is 435 g/mol. The van der Waals surface area contributed by atoms with E-state index in [1.165, 1.54) is 25.7 Å². The summed E-state index contributed by atoms with van der Waals surface area (Å²) in [6.45, 7) is 8.71. The van der Waals surface area contributed by atoms with Crippen LogP contribution in [0.4, 0.5) is 0 Å². The summed E-state index contributed by atoms with van der Waals surface area (Å²) in [7, 11) is 0. The number of amides is 1. The Labute approximate surface area is 186 Å². The van der Waals surface area contributed by atoms with E-state index < -0.39 is 6.10 Å². The molecular weight excluding hydrogens is 398 g/mol. The summed E-state index contributed by atoms with van der Waals surface area (Å²) in [6, 6.07) is 7.59. The van der Waals surface area contributed by atoms with Gasteiger partial charge < -0.3 is 15.7 Å². The van der Waals surface area contributed by atoms with Crippen LogP contribution in [0.3, 0.4) is 0 Å². The number of rotatable bonds is 7. The van der Waals surface area contributed by atoms with E-state index >= 15 is 0 Å². The maximum atomic E-state index is 13.0. The first-order valence-electron chi connectivity index (χ1n) is 11.4. The van der Waals surface area contributed by atoms with Crippen molar-refractivity contribution in [3.63, 3.8) is 0 Å². The summed E-state index contributed by atoms with van der Waals surface area (Å²) >= 11 is 5.93. The molecule has 0 unspecified atom stereocenters. The van der Waals surface area contributed by atoms with E-state index in [1.807, 2.05) is 45.0 Å². The van der Waals surface area contributed by atoms with Gasteiger partial charge in [0, 0.05) is 36.7 Å². The van der Waals surface area contributed by atoms with Gasteiger partial charge in [0.25, 0.3) is 0 Å². The van der Waals surface area contributed by atoms with Gasteiger partial charge in [0.15, 0.2) is 0 Å². The van der Waals surface area contributed by atoms with Gasteiger partial charge >= 0.3 is 0 Å². The molecule has 4 atom stereocenters. The van der Waals surface area contributed by atoms with Gasteiger partial charge in [-0.3, -0.25) is 9.69 Å². The first-order chi connectivity index (χ1) is 14.2. The lowest BCUT2D eigenvalue weighted by Gasteiger charge is -2.46. The molecule has 1 amide bonds. The van der Waals surface area contributed by atoms with Gasteiger partial charge in [-0.25, -0.2) is 0 Å². The number of fused-ring (bicyclic) bond motifs is 1. The van der Waals surface area contributed by atoms with Crippen molar-refractivity contribution in [2.45, 2.75) is 77.1 Å². The van der Waals surface area contributed by atoms with Crippen LogP contribution in [-0.4, -0.2) is 53.2 Å². The lowest BCUT2D eigenvalue weighted by molar-refractivity contribution is -0.132. The van der Waals surface area contributed by atoms with Crippen molar-refractivity contribution < 1.29 is 9.90 Å². The summed E-state index contributed by atoms with van der Waals surface area (Å²) in [4.78, 5) is 15.3. The minimum Gasteiger partial charge on any atom is -0.390 e. The van der Waals surface area contributed by atoms with Crippen molar-refractivity contribution in [1.82, 2.24) is 15.5 Å². The van der Waals surface area contributed by atoms with Crippen LogP contribution in [-0.2, 0) is 11.3 Å². The number of nitrogens with zero attached hydrogens (tertiary/aromatic N) is 1. The maximum absolute atomic E-state index is 13.0. The van der Waals surface area contributed by atoms with Crippen LogP contribution in [0, 0.1) is 11.8 Å². The van der Waals surface area contributed by atoms with Gasteiger partial charge in [0.2, 0.25) is 5.91 Å². The number of β-amino-alcohol motifs (C(OH)–C–C–N with tert-alkyl or cyclic N) is 1. The van der Waals surface area contributed by atoms with Crippen LogP contribution in [0.25, 0.3) is 0 Å². The molecule has 1 saturated heterocycles. The third-order valence-electron chi connectivity index (χ3n) is 6.37. The lowest BCUT2D eigenvalue weighted by atomic mass is 9.72. The Bertz CT molecular complexity index is 689. The summed E-state index contributed by atoms with van der Waals surface area (Å²) in [5, 5.41) is 17.9. The Morgan fingerprint density at radius 1 is 1.20 bits per heavy atom. The van der Waals surface area contributed by atoms with E-state index in [9.17, 15) is 9.90 Å². The van der Waals surface area contributed by atoms with Crippen LogP contribution >= 0.6 is 11.6 Å². The number of likely N-dealkylation sites (tertiary alicyclic amines) is 1. The van der Waals surface area contributed by atoms with Crippen LogP contribution in [0.5, 0.6) is 0 Å². The summed E-state index contributed by atoms with van der Waals surface area (Å²) in [6.07, 6.45) is 5.47. The fourth-order valence-corrected chi connectivity index (χ4v) is 5.07. The molecule has 30 heavy (non-hydrogen) atoms. The normalized spacial score (nSPS) is 26.1. The molecule has 1 aromatic rings. The molecule has 0 spiro atoms. The van der Waals surface area contributed by atoms with Gasteiger partial charge in [-0.15, -0.1) is 0 Å². The average Bonchev–Trinajstić information content (AvgIpc) is 2.67. The molecular formula is C24H38ClN3O2. The topological polar surface area (TPSA) is 64.6 Å². The molecule has 5 nitrogen and oxygen atoms in total. The number of nitrogens with one attached hydrogen (secondary N) is 2. The number of aliphatic hydroxyl groups is 1. The second kappa shape index (κ2) is 10.4. The smallest absolute Gasteiger partial charge is 0.237 e. The number of hydrogen-bond donors (Lipinski definition) is 3. The third kappa shape index (κ3) is 6.94. The second-order valence-corrected chi connectivity index (χ2v) is 10.6. The zero-order valence-electron chi connectivity index (χ0n) is 18.7. The number of piperidine rings is 1. The Balaban J connectivity index is 1.56. The third-order valence-corrected chi connectivity index (χ3v) is 6.62. The number of benzene rings is 1. The zero-order chi connectivity index (χ0) is 21.7. The maximum Gasteiger partial charge on any atom is 0.237 e. The number of hydrogen-bond acceptors (Lipinski definition) is 4. The minimum absolute atomic E-state index is 0.104. The molecule has 2 aliphatic rings. The Hall–Kier alpha value is -1.14. The number of carbonyl (C=O) groups is 1. The van der Waals surface area contributed by atoms with E-state index in [2.05, 4.69) is 15.5 Å². The molecule has 0 aromatic heterocycles. The van der Waals surface area contributed by atoms with E-state index in [-0.39, 0.29) is 17.5 Å². The molecule has 3 rings (SSSR count). The molecule has 0 radical (unpaired) electrons. The van der Waals surface area contributed by atoms with Crippen LogP contribution in [0.1, 0.15) is 58.4 Å². The molecule has 2 fully saturated rings. The van der Waals surface area contributed by atoms with Gasteiger partial charge in [-0.1, -0.05) is 43.0 Å². The molecule has 1 aromatic carbocycles. The number of aliphatic hydroxyl groups excluding tert-OH is 1. The fourth-order valence-electron chi connectivity index (χ4n) is 4.95. The van der Waals surface area contributed by atoms with Crippen LogP contribution in [0.15, 0.2) is 24.3 Å². The minimum atomic E-state index is -0.512. The highest BCUT2D eigenvalue weighted by molar-refractivity contribution is 6.30. The Morgan fingerprint density at radius 3 is 2.53 bits per heavy atom. The first kappa shape index (κ1) is 23.5. The second-order valence-electron chi connectivity index (χ2n) is 10.2. The van der Waals surface area contributed by atoms with Crippen molar-refractivity contribution in [2.75, 3.05) is 19.6 Å². The van der Waals surface area contributed by atoms with E-state index in [0.717, 1.165) is 23.6 Å². The summed E-state index contributed by atoms with van der Waals surface area (Å²) < 4.78 is 0. The predicted octanol–water partition coefficient (Wildman–Crippen LogP) is 3.59. The molecule has 1 saturated carbocycles. The number of halogens is 1. The SMILES string of the molecule is CC(C)(C)NC(=O)[C@@H]1C[C@@H]2CCCC[C@@H]2CN1C[C@@H](O)CNCc1ccc(Cl)cc1. The largest absolute Gasteiger partial charge is 0.390 e. The molecule has 6 heteroatoms. The Kier molecular flexibility index (Phi) is 8.19. The van der Waals surface area contributed by atoms with Crippen LogP contribution in [0.2, 0.25) is 5.02 Å². The molecule has 1 aliphatic heterocycles. The highest BCUT2D eigenvalue weighted by atomic mass is 35.5. The summed E-state index contributed by atoms with van der Waals surface area (Å²) in [5.74, 6) is 1.41. The van der Waals surface area contributed by atoms with Crippen molar-refractivity contribution in [3.8, 4) is 0 Å². The average molecular weight is 436 g/mol. The lowest BCUT2D eigenvalue weighted by Crippen LogP contribution is -2.59. The standard InChI is InChI=1S/C24H38ClN3O2/c1-24(2,3)27-23(30)22-12-18-6-4-5-7-19(18)15-28(22)16-21(29)14-26-13-17-8-10-20(25)11-9-17/h8-11,18-19,21-22,26,29H,4-7,12-16H2,1-3H3,(H,27,30)/t18-,19+,21-,22-/m0/s1. The quantitative estimate of drug-likeness (QED) is 0.612. The van der Waals surface area contributed by atoms with Crippen molar-refractivity contribution >= 4 is 17.5 Å².